The normalized spacial score (nSPS) is 14.8. The first-order valence-corrected chi connectivity index (χ1v) is 7.99. The molecular formula is C16H23N3O2S. The summed E-state index contributed by atoms with van der Waals surface area (Å²) in [6.07, 6.45) is 0.465. The Kier molecular flexibility index (Phi) is 6.15. The summed E-state index contributed by atoms with van der Waals surface area (Å²) in [5.74, 6) is 0.250. The van der Waals surface area contributed by atoms with E-state index >= 15 is 0 Å². The molecule has 120 valence electrons. The van der Waals surface area contributed by atoms with Crippen LogP contribution >= 0.6 is 12.2 Å². The van der Waals surface area contributed by atoms with Crippen LogP contribution in [0.4, 0.5) is 11.4 Å². The number of anilines is 2. The molecule has 0 radical (unpaired) electrons. The molecule has 1 amide bonds. The number of rotatable bonds is 4. The van der Waals surface area contributed by atoms with Gasteiger partial charge < -0.3 is 20.3 Å². The quantitative estimate of drug-likeness (QED) is 0.834. The summed E-state index contributed by atoms with van der Waals surface area (Å²) in [4.78, 5) is 14.0. The van der Waals surface area contributed by atoms with Gasteiger partial charge in [-0.1, -0.05) is 26.0 Å². The molecule has 22 heavy (non-hydrogen) atoms. The first-order chi connectivity index (χ1) is 10.6. The Labute approximate surface area is 137 Å². The van der Waals surface area contributed by atoms with Crippen molar-refractivity contribution in [3.05, 3.63) is 24.3 Å². The number of benzene rings is 1. The molecule has 2 rings (SSSR count). The number of hydrogen-bond acceptors (Lipinski definition) is 4. The number of carbonyl (C=O) groups excluding carboxylic acids is 1. The zero-order valence-corrected chi connectivity index (χ0v) is 13.9. The Balaban J connectivity index is 2.00. The molecule has 0 atom stereocenters. The first kappa shape index (κ1) is 16.7. The van der Waals surface area contributed by atoms with Crippen LogP contribution in [0.15, 0.2) is 24.3 Å². The van der Waals surface area contributed by atoms with E-state index in [4.69, 9.17) is 17.0 Å². The Hall–Kier alpha value is -1.66. The van der Waals surface area contributed by atoms with Crippen LogP contribution in [-0.2, 0) is 9.53 Å². The molecule has 1 aliphatic rings. The Morgan fingerprint density at radius 3 is 2.68 bits per heavy atom. The van der Waals surface area contributed by atoms with Gasteiger partial charge in [-0.05, 0) is 30.3 Å². The van der Waals surface area contributed by atoms with E-state index in [9.17, 15) is 4.79 Å². The maximum atomic E-state index is 11.8. The minimum Gasteiger partial charge on any atom is -0.378 e. The summed E-state index contributed by atoms with van der Waals surface area (Å²) in [5, 5.41) is 6.20. The number of ether oxygens (including phenoxy) is 1. The molecule has 0 aromatic heterocycles. The average molecular weight is 321 g/mol. The number of amides is 1. The monoisotopic (exact) mass is 321 g/mol. The van der Waals surface area contributed by atoms with Crippen LogP contribution in [-0.4, -0.2) is 37.3 Å². The molecule has 0 saturated carbocycles. The van der Waals surface area contributed by atoms with Crippen molar-refractivity contribution in [3.63, 3.8) is 0 Å². The lowest BCUT2D eigenvalue weighted by atomic mass is 10.1. The Morgan fingerprint density at radius 1 is 1.32 bits per heavy atom. The smallest absolute Gasteiger partial charge is 0.226 e. The molecule has 1 saturated heterocycles. The molecule has 2 N–H and O–H groups in total. The Bertz CT molecular complexity index is 528. The van der Waals surface area contributed by atoms with Crippen molar-refractivity contribution in [2.75, 3.05) is 36.5 Å². The second-order valence-electron chi connectivity index (χ2n) is 5.72. The van der Waals surface area contributed by atoms with E-state index in [1.165, 1.54) is 0 Å². The summed E-state index contributed by atoms with van der Waals surface area (Å²) >= 11 is 5.24. The van der Waals surface area contributed by atoms with E-state index in [0.29, 0.717) is 17.5 Å². The van der Waals surface area contributed by atoms with Crippen molar-refractivity contribution in [1.29, 1.82) is 0 Å². The standard InChI is InChI=1S/C16H23N3O2S/c1-12(2)11-15(20)18-16(22)17-13-5-3-4-6-14(13)19-7-9-21-10-8-19/h3-6,12H,7-11H2,1-2H3,(H2,17,18,20,22). The number of hydrogen-bond donors (Lipinski definition) is 2. The Morgan fingerprint density at radius 2 is 2.00 bits per heavy atom. The van der Waals surface area contributed by atoms with Crippen molar-refractivity contribution >= 4 is 34.6 Å². The lowest BCUT2D eigenvalue weighted by Gasteiger charge is -2.30. The van der Waals surface area contributed by atoms with Gasteiger partial charge in [-0.2, -0.15) is 0 Å². The van der Waals surface area contributed by atoms with Gasteiger partial charge in [0.15, 0.2) is 5.11 Å². The van der Waals surface area contributed by atoms with E-state index in [2.05, 4.69) is 15.5 Å². The topological polar surface area (TPSA) is 53.6 Å². The number of carbonyl (C=O) groups is 1. The van der Waals surface area contributed by atoms with Crippen molar-refractivity contribution < 1.29 is 9.53 Å². The predicted molar refractivity (Wildman–Crippen MR) is 93.3 cm³/mol. The summed E-state index contributed by atoms with van der Waals surface area (Å²) < 4.78 is 5.39. The number of morpholine rings is 1. The number of para-hydroxylation sites is 2. The highest BCUT2D eigenvalue weighted by Crippen LogP contribution is 2.26. The van der Waals surface area contributed by atoms with Crippen LogP contribution in [0, 0.1) is 5.92 Å². The van der Waals surface area contributed by atoms with Gasteiger partial charge in [-0.15, -0.1) is 0 Å². The summed E-state index contributed by atoms with van der Waals surface area (Å²) in [5.41, 5.74) is 1.98. The molecule has 0 bridgehead atoms. The van der Waals surface area contributed by atoms with E-state index in [1.807, 2.05) is 38.1 Å². The number of nitrogens with zero attached hydrogens (tertiary/aromatic N) is 1. The summed E-state index contributed by atoms with van der Waals surface area (Å²) in [6, 6.07) is 7.96. The summed E-state index contributed by atoms with van der Waals surface area (Å²) in [6.45, 7) is 7.16. The van der Waals surface area contributed by atoms with Gasteiger partial charge in [0, 0.05) is 19.5 Å². The highest BCUT2D eigenvalue weighted by molar-refractivity contribution is 7.80. The summed E-state index contributed by atoms with van der Waals surface area (Å²) in [7, 11) is 0. The van der Waals surface area contributed by atoms with Crippen LogP contribution in [0.2, 0.25) is 0 Å². The highest BCUT2D eigenvalue weighted by atomic mass is 32.1. The van der Waals surface area contributed by atoms with Crippen LogP contribution < -0.4 is 15.5 Å². The highest BCUT2D eigenvalue weighted by Gasteiger charge is 2.15. The van der Waals surface area contributed by atoms with E-state index in [1.54, 1.807) is 0 Å². The minimum atomic E-state index is -0.0589. The molecule has 0 aliphatic carbocycles. The molecule has 6 heteroatoms. The third-order valence-corrected chi connectivity index (χ3v) is 3.55. The maximum absolute atomic E-state index is 11.8. The molecule has 1 heterocycles. The minimum absolute atomic E-state index is 0.0589. The third kappa shape index (κ3) is 4.96. The van der Waals surface area contributed by atoms with Crippen molar-refractivity contribution in [1.82, 2.24) is 5.32 Å². The first-order valence-electron chi connectivity index (χ1n) is 7.59. The van der Waals surface area contributed by atoms with Crippen LogP contribution in [0.1, 0.15) is 20.3 Å². The molecule has 1 fully saturated rings. The number of nitrogens with one attached hydrogen (secondary N) is 2. The van der Waals surface area contributed by atoms with E-state index in [-0.39, 0.29) is 5.91 Å². The van der Waals surface area contributed by atoms with Crippen molar-refractivity contribution in [3.8, 4) is 0 Å². The fourth-order valence-corrected chi connectivity index (χ4v) is 2.59. The van der Waals surface area contributed by atoms with Crippen LogP contribution in [0.25, 0.3) is 0 Å². The lowest BCUT2D eigenvalue weighted by molar-refractivity contribution is -0.120. The zero-order valence-electron chi connectivity index (χ0n) is 13.1. The molecular weight excluding hydrogens is 298 g/mol. The average Bonchev–Trinajstić information content (AvgIpc) is 2.47. The fourth-order valence-electron chi connectivity index (χ4n) is 2.36. The largest absolute Gasteiger partial charge is 0.378 e. The fraction of sp³-hybridized carbons (Fsp3) is 0.500. The molecule has 1 aromatic carbocycles. The lowest BCUT2D eigenvalue weighted by Crippen LogP contribution is -2.38. The van der Waals surface area contributed by atoms with Gasteiger partial charge >= 0.3 is 0 Å². The molecule has 5 nitrogen and oxygen atoms in total. The van der Waals surface area contributed by atoms with Gasteiger partial charge in [0.05, 0.1) is 24.6 Å². The second kappa shape index (κ2) is 8.10. The third-order valence-electron chi connectivity index (χ3n) is 3.35. The zero-order chi connectivity index (χ0) is 15.9. The van der Waals surface area contributed by atoms with Gasteiger partial charge in [0.25, 0.3) is 0 Å². The van der Waals surface area contributed by atoms with Crippen molar-refractivity contribution in [2.45, 2.75) is 20.3 Å². The van der Waals surface area contributed by atoms with Gasteiger partial charge in [-0.3, -0.25) is 4.79 Å². The molecule has 0 spiro atoms. The van der Waals surface area contributed by atoms with Gasteiger partial charge in [-0.25, -0.2) is 0 Å². The van der Waals surface area contributed by atoms with Crippen LogP contribution in [0.3, 0.4) is 0 Å². The second-order valence-corrected chi connectivity index (χ2v) is 6.13. The van der Waals surface area contributed by atoms with Gasteiger partial charge in [0.1, 0.15) is 0 Å². The maximum Gasteiger partial charge on any atom is 0.226 e. The van der Waals surface area contributed by atoms with E-state index in [0.717, 1.165) is 37.7 Å². The predicted octanol–water partition coefficient (Wildman–Crippen LogP) is 2.38. The molecule has 1 aromatic rings. The van der Waals surface area contributed by atoms with E-state index < -0.39 is 0 Å². The molecule has 0 unspecified atom stereocenters. The van der Waals surface area contributed by atoms with Gasteiger partial charge in [0.2, 0.25) is 5.91 Å². The SMILES string of the molecule is CC(C)CC(=O)NC(=S)Nc1ccccc1N1CCOCC1. The van der Waals surface area contributed by atoms with Crippen LogP contribution in [0.5, 0.6) is 0 Å². The van der Waals surface area contributed by atoms with Crippen molar-refractivity contribution in [2.24, 2.45) is 5.92 Å². The number of thiocarbonyl (C=S) groups is 1. The molecule has 1 aliphatic heterocycles.